The van der Waals surface area contributed by atoms with Crippen LogP contribution in [0.3, 0.4) is 0 Å². The van der Waals surface area contributed by atoms with Crippen molar-refractivity contribution in [1.29, 1.82) is 0 Å². The number of carbonyl (C=O) groups excluding carboxylic acids is 1. The Morgan fingerprint density at radius 2 is 1.55 bits per heavy atom. The number of hydrogen-bond donors (Lipinski definition) is 0. The van der Waals surface area contributed by atoms with E-state index in [2.05, 4.69) is 35.7 Å². The first-order valence-corrected chi connectivity index (χ1v) is 7.16. The lowest BCUT2D eigenvalue weighted by Crippen LogP contribution is -2.54. The molecule has 0 spiro atoms. The van der Waals surface area contributed by atoms with Crippen molar-refractivity contribution in [1.82, 2.24) is 9.58 Å². The van der Waals surface area contributed by atoms with Crippen LogP contribution in [0.2, 0.25) is 0 Å². The minimum absolute atomic E-state index is 0.210. The van der Waals surface area contributed by atoms with Crippen molar-refractivity contribution in [2.75, 3.05) is 31.2 Å². The second-order valence-corrected chi connectivity index (χ2v) is 6.35. The van der Waals surface area contributed by atoms with Gasteiger partial charge in [0.25, 0.3) is 0 Å². The number of aryl methyl sites for hydroxylation is 2. The van der Waals surface area contributed by atoms with Crippen LogP contribution in [-0.4, -0.2) is 47.4 Å². The monoisotopic (exact) mass is 279 g/mol. The van der Waals surface area contributed by atoms with Crippen molar-refractivity contribution < 1.29 is 9.53 Å². The Kier molecular flexibility index (Phi) is 3.97. The van der Waals surface area contributed by atoms with Crippen LogP contribution in [0.25, 0.3) is 0 Å². The van der Waals surface area contributed by atoms with E-state index in [0.29, 0.717) is 13.1 Å². The Morgan fingerprint density at radius 1 is 1.05 bits per heavy atom. The normalized spacial score (nSPS) is 16.4. The number of nitrogens with zero attached hydrogens (tertiary/aromatic N) is 3. The van der Waals surface area contributed by atoms with E-state index in [4.69, 9.17) is 4.74 Å². The van der Waals surface area contributed by atoms with E-state index in [1.54, 1.807) is 4.90 Å². The van der Waals surface area contributed by atoms with Crippen molar-refractivity contribution >= 4 is 6.09 Å². The first-order valence-electron chi connectivity index (χ1n) is 7.16. The SMILES string of the molecule is Cc1ccc(C)n1N1CCN(C(=O)OC(C)(C)C)CC1. The van der Waals surface area contributed by atoms with Gasteiger partial charge in [-0.15, -0.1) is 0 Å². The molecule has 0 atom stereocenters. The van der Waals surface area contributed by atoms with Crippen molar-refractivity contribution in [2.24, 2.45) is 0 Å². The van der Waals surface area contributed by atoms with Crippen LogP contribution in [0.1, 0.15) is 32.2 Å². The Labute approximate surface area is 121 Å². The summed E-state index contributed by atoms with van der Waals surface area (Å²) in [6.07, 6.45) is -0.210. The molecule has 0 radical (unpaired) electrons. The maximum absolute atomic E-state index is 12.0. The molecular formula is C15H25N3O2. The summed E-state index contributed by atoms with van der Waals surface area (Å²) in [6.45, 7) is 13.0. The third-order valence-electron chi connectivity index (χ3n) is 3.42. The summed E-state index contributed by atoms with van der Waals surface area (Å²) < 4.78 is 7.64. The summed E-state index contributed by atoms with van der Waals surface area (Å²) in [5.74, 6) is 0. The molecule has 1 amide bonds. The Hall–Kier alpha value is -1.65. The van der Waals surface area contributed by atoms with Crippen molar-refractivity contribution in [3.63, 3.8) is 0 Å². The summed E-state index contributed by atoms with van der Waals surface area (Å²) >= 11 is 0. The van der Waals surface area contributed by atoms with Crippen LogP contribution in [-0.2, 0) is 4.74 Å². The first-order chi connectivity index (χ1) is 9.28. The Balaban J connectivity index is 1.94. The van der Waals surface area contributed by atoms with Gasteiger partial charge < -0.3 is 14.6 Å². The van der Waals surface area contributed by atoms with Crippen LogP contribution in [0, 0.1) is 13.8 Å². The van der Waals surface area contributed by atoms with Gasteiger partial charge in [0.15, 0.2) is 0 Å². The summed E-state index contributed by atoms with van der Waals surface area (Å²) in [7, 11) is 0. The average molecular weight is 279 g/mol. The Morgan fingerprint density at radius 3 is 2.00 bits per heavy atom. The third kappa shape index (κ3) is 3.26. The number of aromatic nitrogens is 1. The Bertz CT molecular complexity index is 460. The molecule has 1 aliphatic rings. The molecule has 0 unspecified atom stereocenters. The van der Waals surface area contributed by atoms with Gasteiger partial charge in [-0.1, -0.05) is 0 Å². The zero-order valence-corrected chi connectivity index (χ0v) is 13.1. The molecule has 5 heteroatoms. The number of piperazine rings is 1. The van der Waals surface area contributed by atoms with Crippen molar-refractivity contribution in [2.45, 2.75) is 40.2 Å². The number of amides is 1. The lowest BCUT2D eigenvalue weighted by Gasteiger charge is -2.38. The van der Waals surface area contributed by atoms with Gasteiger partial charge >= 0.3 is 6.09 Å². The molecule has 20 heavy (non-hydrogen) atoms. The minimum Gasteiger partial charge on any atom is -0.444 e. The van der Waals surface area contributed by atoms with Gasteiger partial charge in [0, 0.05) is 24.5 Å². The molecule has 1 fully saturated rings. The zero-order valence-electron chi connectivity index (χ0n) is 13.1. The summed E-state index contributed by atoms with van der Waals surface area (Å²) in [4.78, 5) is 13.8. The van der Waals surface area contributed by atoms with E-state index in [1.165, 1.54) is 11.4 Å². The van der Waals surface area contributed by atoms with E-state index in [0.717, 1.165) is 13.1 Å². The quantitative estimate of drug-likeness (QED) is 0.791. The maximum atomic E-state index is 12.0. The molecule has 1 saturated heterocycles. The van der Waals surface area contributed by atoms with E-state index in [-0.39, 0.29) is 6.09 Å². The molecule has 112 valence electrons. The highest BCUT2D eigenvalue weighted by molar-refractivity contribution is 5.68. The second kappa shape index (κ2) is 5.38. The molecule has 0 bridgehead atoms. The van der Waals surface area contributed by atoms with E-state index in [9.17, 15) is 4.79 Å². The lowest BCUT2D eigenvalue weighted by atomic mass is 10.2. The summed E-state index contributed by atoms with van der Waals surface area (Å²) in [5, 5.41) is 2.28. The fourth-order valence-corrected chi connectivity index (χ4v) is 2.51. The van der Waals surface area contributed by atoms with Crippen molar-refractivity contribution in [3.05, 3.63) is 23.5 Å². The summed E-state index contributed by atoms with van der Waals surface area (Å²) in [6, 6.07) is 4.24. The van der Waals surface area contributed by atoms with Gasteiger partial charge in [0.2, 0.25) is 0 Å². The molecule has 1 aliphatic heterocycles. The fourth-order valence-electron chi connectivity index (χ4n) is 2.51. The molecule has 5 nitrogen and oxygen atoms in total. The van der Waals surface area contributed by atoms with Gasteiger partial charge in [-0.05, 0) is 46.8 Å². The van der Waals surface area contributed by atoms with Gasteiger partial charge in [-0.3, -0.25) is 4.68 Å². The molecule has 0 aliphatic carbocycles. The predicted molar refractivity (Wildman–Crippen MR) is 79.7 cm³/mol. The lowest BCUT2D eigenvalue weighted by molar-refractivity contribution is 0.0232. The van der Waals surface area contributed by atoms with Crippen LogP contribution in [0.4, 0.5) is 4.79 Å². The fraction of sp³-hybridized carbons (Fsp3) is 0.667. The van der Waals surface area contributed by atoms with Gasteiger partial charge in [-0.25, -0.2) is 4.79 Å². The zero-order chi connectivity index (χ0) is 14.9. The largest absolute Gasteiger partial charge is 0.444 e. The number of ether oxygens (including phenoxy) is 1. The highest BCUT2D eigenvalue weighted by Crippen LogP contribution is 2.14. The molecule has 0 saturated carbocycles. The number of hydrogen-bond acceptors (Lipinski definition) is 3. The van der Waals surface area contributed by atoms with Gasteiger partial charge in [0.05, 0.1) is 13.1 Å². The molecule has 2 rings (SSSR count). The molecule has 1 aromatic rings. The number of carbonyl (C=O) groups is 1. The van der Waals surface area contributed by atoms with Crippen LogP contribution < -0.4 is 5.01 Å². The van der Waals surface area contributed by atoms with Crippen LogP contribution in [0.5, 0.6) is 0 Å². The van der Waals surface area contributed by atoms with Crippen molar-refractivity contribution in [3.8, 4) is 0 Å². The number of rotatable bonds is 1. The molecule has 2 heterocycles. The second-order valence-electron chi connectivity index (χ2n) is 6.35. The molecule has 0 aromatic carbocycles. The van der Waals surface area contributed by atoms with Gasteiger partial charge in [-0.2, -0.15) is 0 Å². The minimum atomic E-state index is -0.429. The highest BCUT2D eigenvalue weighted by Gasteiger charge is 2.26. The third-order valence-corrected chi connectivity index (χ3v) is 3.42. The molecule has 0 N–H and O–H groups in total. The van der Waals surface area contributed by atoms with Crippen LogP contribution >= 0.6 is 0 Å². The summed E-state index contributed by atoms with van der Waals surface area (Å²) in [5.41, 5.74) is 2.03. The standard InChI is InChI=1S/C15H25N3O2/c1-12-6-7-13(2)18(12)17-10-8-16(9-11-17)14(19)20-15(3,4)5/h6-7H,8-11H2,1-5H3. The van der Waals surface area contributed by atoms with E-state index in [1.807, 2.05) is 20.8 Å². The predicted octanol–water partition coefficient (Wildman–Crippen LogP) is 2.29. The molecular weight excluding hydrogens is 254 g/mol. The smallest absolute Gasteiger partial charge is 0.410 e. The van der Waals surface area contributed by atoms with E-state index < -0.39 is 5.60 Å². The topological polar surface area (TPSA) is 37.7 Å². The maximum Gasteiger partial charge on any atom is 0.410 e. The van der Waals surface area contributed by atoms with E-state index >= 15 is 0 Å². The van der Waals surface area contributed by atoms with Crippen LogP contribution in [0.15, 0.2) is 12.1 Å². The molecule has 1 aromatic heterocycles. The average Bonchev–Trinajstić information content (AvgIpc) is 2.67. The highest BCUT2D eigenvalue weighted by atomic mass is 16.6. The first kappa shape index (κ1) is 14.8. The van der Waals surface area contributed by atoms with Gasteiger partial charge in [0.1, 0.15) is 5.60 Å².